The second-order valence-electron chi connectivity index (χ2n) is 4.76. The number of nitrogens with zero attached hydrogens (tertiary/aromatic N) is 1. The van der Waals surface area contributed by atoms with E-state index in [1.807, 2.05) is 12.1 Å². The molecule has 1 atom stereocenters. The fraction of sp³-hybridized carbons (Fsp3) is 0.500. The van der Waals surface area contributed by atoms with E-state index in [2.05, 4.69) is 9.97 Å². The third kappa shape index (κ3) is 2.26. The summed E-state index contributed by atoms with van der Waals surface area (Å²) in [5, 5.41) is 0. The molecule has 0 aliphatic carbocycles. The summed E-state index contributed by atoms with van der Waals surface area (Å²) in [7, 11) is 3.27. The van der Waals surface area contributed by atoms with Gasteiger partial charge in [-0.1, -0.05) is 0 Å². The van der Waals surface area contributed by atoms with Crippen LogP contribution in [0.1, 0.15) is 24.6 Å². The summed E-state index contributed by atoms with van der Waals surface area (Å²) in [6, 6.07) is 3.83. The number of imidazole rings is 1. The van der Waals surface area contributed by atoms with Gasteiger partial charge in [-0.15, -0.1) is 0 Å². The van der Waals surface area contributed by atoms with Crippen molar-refractivity contribution in [2.45, 2.75) is 18.8 Å². The molecule has 5 nitrogen and oxygen atoms in total. The average molecular weight is 262 g/mol. The largest absolute Gasteiger partial charge is 0.493 e. The molecule has 102 valence electrons. The highest BCUT2D eigenvalue weighted by Crippen LogP contribution is 2.33. The molecule has 0 saturated carbocycles. The molecule has 0 amide bonds. The zero-order chi connectivity index (χ0) is 13.2. The van der Waals surface area contributed by atoms with Crippen LogP contribution >= 0.6 is 0 Å². The molecule has 1 aromatic heterocycles. The predicted molar refractivity (Wildman–Crippen MR) is 72.0 cm³/mol. The van der Waals surface area contributed by atoms with Crippen LogP contribution in [0.5, 0.6) is 11.5 Å². The van der Waals surface area contributed by atoms with Gasteiger partial charge < -0.3 is 19.2 Å². The van der Waals surface area contributed by atoms with E-state index in [0.717, 1.165) is 42.9 Å². The zero-order valence-corrected chi connectivity index (χ0v) is 11.2. The Balaban J connectivity index is 1.99. The number of hydrogen-bond donors (Lipinski definition) is 1. The summed E-state index contributed by atoms with van der Waals surface area (Å²) >= 11 is 0. The Labute approximate surface area is 111 Å². The average Bonchev–Trinajstić information content (AvgIpc) is 2.89. The first-order chi connectivity index (χ1) is 9.31. The molecule has 1 unspecified atom stereocenters. The van der Waals surface area contributed by atoms with Crippen LogP contribution in [0.3, 0.4) is 0 Å². The molecule has 0 spiro atoms. The lowest BCUT2D eigenvalue weighted by atomic mass is 10.0. The molecule has 1 aromatic carbocycles. The van der Waals surface area contributed by atoms with Crippen molar-refractivity contribution in [2.24, 2.45) is 0 Å². The van der Waals surface area contributed by atoms with Crippen LogP contribution in [0.15, 0.2) is 12.1 Å². The van der Waals surface area contributed by atoms with Crippen molar-refractivity contribution in [3.63, 3.8) is 0 Å². The monoisotopic (exact) mass is 262 g/mol. The molecule has 1 saturated heterocycles. The number of hydrogen-bond acceptors (Lipinski definition) is 4. The first kappa shape index (κ1) is 12.3. The van der Waals surface area contributed by atoms with E-state index in [-0.39, 0.29) is 0 Å². The van der Waals surface area contributed by atoms with E-state index in [9.17, 15) is 0 Å². The van der Waals surface area contributed by atoms with E-state index >= 15 is 0 Å². The van der Waals surface area contributed by atoms with Gasteiger partial charge in [-0.2, -0.15) is 0 Å². The SMILES string of the molecule is COc1cc2nc(C3CCCOC3)[nH]c2cc1OC. The minimum absolute atomic E-state index is 0.359. The van der Waals surface area contributed by atoms with Crippen molar-refractivity contribution in [3.8, 4) is 11.5 Å². The van der Waals surface area contributed by atoms with Gasteiger partial charge in [-0.05, 0) is 12.8 Å². The lowest BCUT2D eigenvalue weighted by molar-refractivity contribution is 0.0784. The van der Waals surface area contributed by atoms with Crippen LogP contribution in [0.25, 0.3) is 11.0 Å². The topological polar surface area (TPSA) is 56.4 Å². The number of nitrogens with one attached hydrogen (secondary N) is 1. The summed E-state index contributed by atoms with van der Waals surface area (Å²) in [6.07, 6.45) is 2.21. The fourth-order valence-electron chi connectivity index (χ4n) is 2.51. The van der Waals surface area contributed by atoms with Gasteiger partial charge in [-0.3, -0.25) is 0 Å². The van der Waals surface area contributed by atoms with Crippen LogP contribution in [0.4, 0.5) is 0 Å². The number of H-pyrrole nitrogens is 1. The van der Waals surface area contributed by atoms with Crippen LogP contribution in [0, 0.1) is 0 Å². The molecule has 1 aliphatic rings. The minimum atomic E-state index is 0.359. The lowest BCUT2D eigenvalue weighted by Gasteiger charge is -2.19. The second-order valence-corrected chi connectivity index (χ2v) is 4.76. The van der Waals surface area contributed by atoms with E-state index in [1.54, 1.807) is 14.2 Å². The summed E-state index contributed by atoms with van der Waals surface area (Å²) in [6.45, 7) is 1.60. The van der Waals surface area contributed by atoms with Gasteiger partial charge in [0.05, 0.1) is 31.9 Å². The Morgan fingerprint density at radius 3 is 2.74 bits per heavy atom. The first-order valence-electron chi connectivity index (χ1n) is 6.51. The quantitative estimate of drug-likeness (QED) is 0.923. The van der Waals surface area contributed by atoms with Gasteiger partial charge in [0, 0.05) is 24.7 Å². The van der Waals surface area contributed by atoms with Crippen LogP contribution < -0.4 is 9.47 Å². The number of aromatic amines is 1. The van der Waals surface area contributed by atoms with Gasteiger partial charge in [0.25, 0.3) is 0 Å². The molecule has 2 heterocycles. The van der Waals surface area contributed by atoms with Crippen molar-refractivity contribution in [2.75, 3.05) is 27.4 Å². The van der Waals surface area contributed by atoms with Crippen molar-refractivity contribution in [3.05, 3.63) is 18.0 Å². The smallest absolute Gasteiger partial charge is 0.163 e. The number of aromatic nitrogens is 2. The highest BCUT2D eigenvalue weighted by atomic mass is 16.5. The van der Waals surface area contributed by atoms with Crippen molar-refractivity contribution >= 4 is 11.0 Å². The number of fused-ring (bicyclic) bond motifs is 1. The molecular weight excluding hydrogens is 244 g/mol. The Morgan fingerprint density at radius 1 is 1.26 bits per heavy atom. The van der Waals surface area contributed by atoms with Crippen molar-refractivity contribution < 1.29 is 14.2 Å². The molecular formula is C14H18N2O3. The van der Waals surface area contributed by atoms with Gasteiger partial charge in [-0.25, -0.2) is 4.98 Å². The molecule has 3 rings (SSSR count). The van der Waals surface area contributed by atoms with E-state index < -0.39 is 0 Å². The Morgan fingerprint density at radius 2 is 2.05 bits per heavy atom. The molecule has 1 N–H and O–H groups in total. The molecule has 2 aromatic rings. The second kappa shape index (κ2) is 5.09. The molecule has 0 radical (unpaired) electrons. The van der Waals surface area contributed by atoms with Crippen LogP contribution in [-0.2, 0) is 4.74 Å². The summed E-state index contributed by atoms with van der Waals surface area (Å²) < 4.78 is 16.1. The predicted octanol–water partition coefficient (Wildman–Crippen LogP) is 2.47. The van der Waals surface area contributed by atoms with Gasteiger partial charge in [0.2, 0.25) is 0 Å². The maximum absolute atomic E-state index is 5.51. The van der Waals surface area contributed by atoms with Gasteiger partial charge in [0.1, 0.15) is 5.82 Å². The lowest BCUT2D eigenvalue weighted by Crippen LogP contribution is -2.16. The number of ether oxygens (including phenoxy) is 3. The molecule has 0 bridgehead atoms. The molecule has 5 heteroatoms. The molecule has 1 aliphatic heterocycles. The van der Waals surface area contributed by atoms with Gasteiger partial charge in [0.15, 0.2) is 11.5 Å². The van der Waals surface area contributed by atoms with E-state index in [4.69, 9.17) is 14.2 Å². The Hall–Kier alpha value is -1.75. The Bertz CT molecular complexity index is 532. The standard InChI is InChI=1S/C14H18N2O3/c1-17-12-6-10-11(7-13(12)18-2)16-14(15-10)9-4-3-5-19-8-9/h6-7,9H,3-5,8H2,1-2H3,(H,15,16). The molecule has 19 heavy (non-hydrogen) atoms. The number of benzene rings is 1. The van der Waals surface area contributed by atoms with Crippen molar-refractivity contribution in [1.29, 1.82) is 0 Å². The van der Waals surface area contributed by atoms with E-state index in [1.165, 1.54) is 0 Å². The maximum atomic E-state index is 5.51. The molecule has 1 fully saturated rings. The van der Waals surface area contributed by atoms with Gasteiger partial charge >= 0.3 is 0 Å². The minimum Gasteiger partial charge on any atom is -0.493 e. The van der Waals surface area contributed by atoms with Crippen molar-refractivity contribution in [1.82, 2.24) is 9.97 Å². The van der Waals surface area contributed by atoms with E-state index in [0.29, 0.717) is 17.4 Å². The number of methoxy groups -OCH3 is 2. The zero-order valence-electron chi connectivity index (χ0n) is 11.2. The van der Waals surface area contributed by atoms with Crippen LogP contribution in [0.2, 0.25) is 0 Å². The summed E-state index contributed by atoms with van der Waals surface area (Å²) in [4.78, 5) is 8.01. The highest BCUT2D eigenvalue weighted by Gasteiger charge is 2.20. The highest BCUT2D eigenvalue weighted by molar-refractivity contribution is 5.79. The fourth-order valence-corrected chi connectivity index (χ4v) is 2.51. The summed E-state index contributed by atoms with van der Waals surface area (Å²) in [5.74, 6) is 2.76. The normalized spacial score (nSPS) is 19.6. The summed E-state index contributed by atoms with van der Waals surface area (Å²) in [5.41, 5.74) is 1.87. The third-order valence-corrected chi connectivity index (χ3v) is 3.55. The first-order valence-corrected chi connectivity index (χ1v) is 6.51. The van der Waals surface area contributed by atoms with Crippen LogP contribution in [-0.4, -0.2) is 37.4 Å². The third-order valence-electron chi connectivity index (χ3n) is 3.55. The Kier molecular flexibility index (Phi) is 3.29. The number of rotatable bonds is 3. The maximum Gasteiger partial charge on any atom is 0.163 e.